The number of hydrogen-bond acceptors (Lipinski definition) is 6. The van der Waals surface area contributed by atoms with Crippen molar-refractivity contribution >= 4 is 45.0 Å². The highest BCUT2D eigenvalue weighted by Gasteiger charge is 2.15. The minimum absolute atomic E-state index is 0.0511. The molecule has 4 nitrogen and oxygen atoms in total. The Balaban J connectivity index is 1.52. The topological polar surface area (TPSA) is 54.9 Å². The third-order valence-corrected chi connectivity index (χ3v) is 5.77. The molecule has 3 aromatic heterocycles. The Morgan fingerprint density at radius 2 is 1.92 bits per heavy atom. The van der Waals surface area contributed by atoms with Crippen molar-refractivity contribution in [3.8, 4) is 21.8 Å². The lowest BCUT2D eigenvalue weighted by Crippen LogP contribution is -2.12. The average Bonchev–Trinajstić information content (AvgIpc) is 3.37. The summed E-state index contributed by atoms with van der Waals surface area (Å²) in [6, 6.07) is 5.10. The van der Waals surface area contributed by atoms with Gasteiger partial charge in [0.15, 0.2) is 5.13 Å². The molecule has 0 aliphatic rings. The number of nitrogens with zero attached hydrogens (tertiary/aromatic N) is 2. The molecule has 0 unspecified atom stereocenters. The van der Waals surface area contributed by atoms with Gasteiger partial charge < -0.3 is 0 Å². The molecule has 0 saturated carbocycles. The highest BCUT2D eigenvalue weighted by molar-refractivity contribution is 7.14. The van der Waals surface area contributed by atoms with Crippen LogP contribution in [0.15, 0.2) is 45.8 Å². The second-order valence-corrected chi connectivity index (χ2v) is 7.66. The van der Waals surface area contributed by atoms with Crippen molar-refractivity contribution in [3.63, 3.8) is 0 Å². The van der Waals surface area contributed by atoms with E-state index in [1.807, 2.05) is 16.8 Å². The average molecular weight is 405 g/mol. The molecule has 0 aliphatic heterocycles. The predicted octanol–water partition coefficient (Wildman–Crippen LogP) is 5.53. The fourth-order valence-corrected chi connectivity index (χ4v) is 4.42. The first-order valence-electron chi connectivity index (χ1n) is 7.30. The molecule has 0 bridgehead atoms. The highest BCUT2D eigenvalue weighted by atomic mass is 32.1. The summed E-state index contributed by atoms with van der Waals surface area (Å²) in [5.74, 6) is -1.53. The molecule has 0 aliphatic carbocycles. The third kappa shape index (κ3) is 3.41. The number of thiophene rings is 1. The first-order valence-corrected chi connectivity index (χ1v) is 10.0. The van der Waals surface area contributed by atoms with Gasteiger partial charge in [-0.3, -0.25) is 10.1 Å². The lowest BCUT2D eigenvalue weighted by Gasteiger charge is -2.00. The van der Waals surface area contributed by atoms with Gasteiger partial charge in [0.05, 0.1) is 5.69 Å². The number of amides is 1. The molecule has 3 heterocycles. The maximum absolute atomic E-state index is 13.8. The summed E-state index contributed by atoms with van der Waals surface area (Å²) in [6.07, 6.45) is 0. The minimum atomic E-state index is -0.575. The van der Waals surface area contributed by atoms with Crippen molar-refractivity contribution in [3.05, 3.63) is 63.1 Å². The summed E-state index contributed by atoms with van der Waals surface area (Å²) in [5.41, 5.74) is 1.57. The van der Waals surface area contributed by atoms with E-state index in [1.54, 1.807) is 22.1 Å². The van der Waals surface area contributed by atoms with Crippen LogP contribution >= 0.6 is 34.0 Å². The van der Waals surface area contributed by atoms with Crippen molar-refractivity contribution in [2.75, 3.05) is 5.32 Å². The van der Waals surface area contributed by atoms with Gasteiger partial charge in [0.2, 0.25) is 0 Å². The maximum Gasteiger partial charge on any atom is 0.276 e. The Hall–Kier alpha value is -2.49. The first kappa shape index (κ1) is 17.0. The molecule has 0 saturated heterocycles. The molecule has 9 heteroatoms. The van der Waals surface area contributed by atoms with Crippen LogP contribution in [0.4, 0.5) is 13.9 Å². The normalized spacial score (nSPS) is 10.8. The van der Waals surface area contributed by atoms with Crippen molar-refractivity contribution in [1.29, 1.82) is 0 Å². The second-order valence-electron chi connectivity index (χ2n) is 5.17. The van der Waals surface area contributed by atoms with E-state index in [2.05, 4.69) is 15.3 Å². The smallest absolute Gasteiger partial charge is 0.276 e. The molecule has 1 amide bonds. The number of carbonyl (C=O) groups excluding carboxylic acids is 1. The number of nitrogens with one attached hydrogen (secondary N) is 1. The fourth-order valence-electron chi connectivity index (χ4n) is 2.21. The van der Waals surface area contributed by atoms with Gasteiger partial charge in [-0.1, -0.05) is 0 Å². The van der Waals surface area contributed by atoms with Crippen molar-refractivity contribution in [2.24, 2.45) is 0 Å². The molecular weight excluding hydrogens is 396 g/mol. The van der Waals surface area contributed by atoms with Crippen LogP contribution in [0.25, 0.3) is 21.8 Å². The number of rotatable bonds is 4. The monoisotopic (exact) mass is 405 g/mol. The Morgan fingerprint density at radius 3 is 2.73 bits per heavy atom. The van der Waals surface area contributed by atoms with Crippen LogP contribution in [0.1, 0.15) is 10.5 Å². The summed E-state index contributed by atoms with van der Waals surface area (Å²) in [7, 11) is 0. The summed E-state index contributed by atoms with van der Waals surface area (Å²) in [5, 5.41) is 10.8. The molecule has 1 aromatic carbocycles. The van der Waals surface area contributed by atoms with E-state index in [1.165, 1.54) is 11.3 Å². The zero-order valence-corrected chi connectivity index (χ0v) is 15.4. The highest BCUT2D eigenvalue weighted by Crippen LogP contribution is 2.29. The van der Waals surface area contributed by atoms with E-state index in [-0.39, 0.29) is 17.0 Å². The predicted molar refractivity (Wildman–Crippen MR) is 101 cm³/mol. The summed E-state index contributed by atoms with van der Waals surface area (Å²) in [4.78, 5) is 20.8. The molecule has 26 heavy (non-hydrogen) atoms. The number of carbonyl (C=O) groups is 1. The Labute approximate surface area is 158 Å². The number of hydrogen-bond donors (Lipinski definition) is 1. The van der Waals surface area contributed by atoms with Crippen LogP contribution in [0, 0.1) is 11.6 Å². The van der Waals surface area contributed by atoms with Gasteiger partial charge in [-0.05, 0) is 29.6 Å². The van der Waals surface area contributed by atoms with Crippen molar-refractivity contribution in [1.82, 2.24) is 9.97 Å². The summed E-state index contributed by atoms with van der Waals surface area (Å²) in [6.45, 7) is 0. The summed E-state index contributed by atoms with van der Waals surface area (Å²) >= 11 is 4.07. The fraction of sp³-hybridized carbons (Fsp3) is 0. The van der Waals surface area contributed by atoms with Gasteiger partial charge >= 0.3 is 0 Å². The van der Waals surface area contributed by atoms with E-state index in [9.17, 15) is 13.6 Å². The van der Waals surface area contributed by atoms with E-state index in [0.29, 0.717) is 5.13 Å². The molecule has 4 aromatic rings. The lowest BCUT2D eigenvalue weighted by atomic mass is 10.1. The molecule has 0 radical (unpaired) electrons. The van der Waals surface area contributed by atoms with E-state index >= 15 is 0 Å². The van der Waals surface area contributed by atoms with Crippen LogP contribution in [-0.4, -0.2) is 15.9 Å². The molecule has 4 rings (SSSR count). The molecule has 0 fully saturated rings. The van der Waals surface area contributed by atoms with Crippen LogP contribution in [0.2, 0.25) is 0 Å². The van der Waals surface area contributed by atoms with E-state index in [0.717, 1.165) is 40.1 Å². The Morgan fingerprint density at radius 1 is 1.04 bits per heavy atom. The number of anilines is 1. The number of thiazole rings is 2. The maximum atomic E-state index is 13.8. The largest absolute Gasteiger partial charge is 0.296 e. The van der Waals surface area contributed by atoms with Gasteiger partial charge in [-0.2, -0.15) is 11.3 Å². The van der Waals surface area contributed by atoms with Crippen LogP contribution in [-0.2, 0) is 0 Å². The molecule has 0 atom stereocenters. The van der Waals surface area contributed by atoms with Gasteiger partial charge in [0.1, 0.15) is 22.3 Å². The zero-order chi connectivity index (χ0) is 18.1. The zero-order valence-electron chi connectivity index (χ0n) is 12.9. The number of benzene rings is 1. The molecular formula is C17H9F2N3OS3. The first-order chi connectivity index (χ1) is 12.6. The second kappa shape index (κ2) is 7.02. The van der Waals surface area contributed by atoms with E-state index in [4.69, 9.17) is 0 Å². The SMILES string of the molecule is O=C(Nc1nc(-c2cc(F)ccc2F)cs1)c1csc(-c2ccsc2)n1. The van der Waals surface area contributed by atoms with Gasteiger partial charge in [0, 0.05) is 27.3 Å². The molecule has 130 valence electrons. The van der Waals surface area contributed by atoms with Gasteiger partial charge in [-0.25, -0.2) is 18.7 Å². The van der Waals surface area contributed by atoms with Crippen LogP contribution in [0.5, 0.6) is 0 Å². The minimum Gasteiger partial charge on any atom is -0.296 e. The van der Waals surface area contributed by atoms with Crippen molar-refractivity contribution in [2.45, 2.75) is 0 Å². The van der Waals surface area contributed by atoms with Gasteiger partial charge in [0.25, 0.3) is 5.91 Å². The van der Waals surface area contributed by atoms with Gasteiger partial charge in [-0.15, -0.1) is 22.7 Å². The molecule has 1 N–H and O–H groups in total. The van der Waals surface area contributed by atoms with E-state index < -0.39 is 17.5 Å². The number of aromatic nitrogens is 2. The molecule has 0 spiro atoms. The summed E-state index contributed by atoms with van der Waals surface area (Å²) < 4.78 is 27.2. The lowest BCUT2D eigenvalue weighted by molar-refractivity contribution is 0.102. The van der Waals surface area contributed by atoms with Crippen LogP contribution in [0.3, 0.4) is 0 Å². The Kier molecular flexibility index (Phi) is 4.58. The van der Waals surface area contributed by atoms with Crippen LogP contribution < -0.4 is 5.32 Å². The Bertz CT molecular complexity index is 1070. The third-order valence-electron chi connectivity index (χ3n) is 3.43. The quantitative estimate of drug-likeness (QED) is 0.486. The van der Waals surface area contributed by atoms with Crippen molar-refractivity contribution < 1.29 is 13.6 Å². The number of halogens is 2. The standard InChI is InChI=1S/C17H9F2N3OS3/c18-10-1-2-12(19)11(5-10)13-7-26-17(21-13)22-15(23)14-8-25-16(20-14)9-3-4-24-6-9/h1-8H,(H,21,22,23).